The van der Waals surface area contributed by atoms with E-state index in [2.05, 4.69) is 14.9 Å². The molecule has 24 heavy (non-hydrogen) atoms. The van der Waals surface area contributed by atoms with Gasteiger partial charge in [0.05, 0.1) is 15.5 Å². The number of hydrogen-bond acceptors (Lipinski definition) is 4. The molecule has 1 fully saturated rings. The molecule has 1 aliphatic rings. The average molecular weight is 374 g/mol. The van der Waals surface area contributed by atoms with Crippen LogP contribution in [0.15, 0.2) is 23.1 Å². The first-order chi connectivity index (χ1) is 11.2. The van der Waals surface area contributed by atoms with Crippen LogP contribution in [0.4, 0.5) is 0 Å². The van der Waals surface area contributed by atoms with Gasteiger partial charge in [0.2, 0.25) is 10.0 Å². The molecule has 0 aliphatic carbocycles. The Morgan fingerprint density at radius 3 is 2.50 bits per heavy atom. The standard InChI is InChI=1S/C16H24ClN3O3S/c1-11(2)19-24(22,23)13-4-5-15(17)14(10-13)16(21)18-12-6-8-20(3)9-7-12/h4-5,10-12,19H,6-9H2,1-3H3,(H,18,21). The Bertz CT molecular complexity index is 699. The molecule has 0 atom stereocenters. The lowest BCUT2D eigenvalue weighted by molar-refractivity contribution is 0.0917. The first-order valence-electron chi connectivity index (χ1n) is 8.00. The Hall–Kier alpha value is -1.15. The summed E-state index contributed by atoms with van der Waals surface area (Å²) in [6.45, 7) is 5.32. The topological polar surface area (TPSA) is 78.5 Å². The van der Waals surface area contributed by atoms with E-state index in [1.807, 2.05) is 7.05 Å². The summed E-state index contributed by atoms with van der Waals surface area (Å²) in [6, 6.07) is 4.03. The van der Waals surface area contributed by atoms with Crippen molar-refractivity contribution in [3.05, 3.63) is 28.8 Å². The second-order valence-corrected chi connectivity index (χ2v) is 8.59. The van der Waals surface area contributed by atoms with Crippen molar-refractivity contribution in [3.8, 4) is 0 Å². The molecule has 1 aromatic carbocycles. The van der Waals surface area contributed by atoms with Gasteiger partial charge in [0, 0.05) is 12.1 Å². The monoisotopic (exact) mass is 373 g/mol. The summed E-state index contributed by atoms with van der Waals surface area (Å²) >= 11 is 6.10. The number of rotatable bonds is 5. The van der Waals surface area contributed by atoms with Gasteiger partial charge in [-0.3, -0.25) is 4.79 Å². The van der Waals surface area contributed by atoms with E-state index in [0.717, 1.165) is 25.9 Å². The van der Waals surface area contributed by atoms with E-state index in [0.29, 0.717) is 0 Å². The average Bonchev–Trinajstić information content (AvgIpc) is 2.48. The third-order valence-corrected chi connectivity index (χ3v) is 5.92. The molecular formula is C16H24ClN3O3S. The van der Waals surface area contributed by atoms with Gasteiger partial charge in [-0.05, 0) is 65.0 Å². The molecule has 6 nitrogen and oxygen atoms in total. The van der Waals surface area contributed by atoms with Crippen LogP contribution in [0.1, 0.15) is 37.0 Å². The Morgan fingerprint density at radius 2 is 1.92 bits per heavy atom. The number of piperidine rings is 1. The van der Waals surface area contributed by atoms with Crippen molar-refractivity contribution in [1.29, 1.82) is 0 Å². The molecule has 0 spiro atoms. The number of nitrogens with zero attached hydrogens (tertiary/aromatic N) is 1. The first kappa shape index (κ1) is 19.2. The first-order valence-corrected chi connectivity index (χ1v) is 9.86. The zero-order valence-corrected chi connectivity index (χ0v) is 15.7. The fraction of sp³-hybridized carbons (Fsp3) is 0.562. The molecule has 134 valence electrons. The summed E-state index contributed by atoms with van der Waals surface area (Å²) in [5.41, 5.74) is 0.183. The van der Waals surface area contributed by atoms with Crippen LogP contribution in [0, 0.1) is 0 Å². The lowest BCUT2D eigenvalue weighted by Gasteiger charge is -2.29. The lowest BCUT2D eigenvalue weighted by Crippen LogP contribution is -2.43. The molecular weight excluding hydrogens is 350 g/mol. The Balaban J connectivity index is 2.17. The van der Waals surface area contributed by atoms with Crippen molar-refractivity contribution in [2.24, 2.45) is 0 Å². The number of carbonyl (C=O) groups excluding carboxylic acids is 1. The van der Waals surface area contributed by atoms with Crippen LogP contribution >= 0.6 is 11.6 Å². The third kappa shape index (κ3) is 4.92. The number of carbonyl (C=O) groups is 1. The Kier molecular flexibility index (Phi) is 6.25. The largest absolute Gasteiger partial charge is 0.349 e. The number of halogens is 1. The number of nitrogens with one attached hydrogen (secondary N) is 2. The number of sulfonamides is 1. The number of likely N-dealkylation sites (tertiary alicyclic amines) is 1. The van der Waals surface area contributed by atoms with E-state index < -0.39 is 10.0 Å². The Labute approximate surface area is 148 Å². The van der Waals surface area contributed by atoms with Gasteiger partial charge in [0.25, 0.3) is 5.91 Å². The lowest BCUT2D eigenvalue weighted by atomic mass is 10.0. The molecule has 2 rings (SSSR count). The zero-order valence-electron chi connectivity index (χ0n) is 14.2. The summed E-state index contributed by atoms with van der Waals surface area (Å²) in [5, 5.41) is 3.19. The van der Waals surface area contributed by atoms with Gasteiger partial charge < -0.3 is 10.2 Å². The normalized spacial score (nSPS) is 17.2. The minimum atomic E-state index is -3.67. The second-order valence-electron chi connectivity index (χ2n) is 6.47. The molecule has 1 heterocycles. The predicted octanol–water partition coefficient (Wildman–Crippen LogP) is 1.85. The summed E-state index contributed by atoms with van der Waals surface area (Å²) < 4.78 is 27.0. The van der Waals surface area contributed by atoms with Crippen LogP contribution in [-0.2, 0) is 10.0 Å². The van der Waals surface area contributed by atoms with E-state index in [9.17, 15) is 13.2 Å². The highest BCUT2D eigenvalue weighted by molar-refractivity contribution is 7.89. The number of amides is 1. The van der Waals surface area contributed by atoms with Crippen molar-refractivity contribution in [2.75, 3.05) is 20.1 Å². The van der Waals surface area contributed by atoms with E-state index in [-0.39, 0.29) is 33.5 Å². The third-order valence-electron chi connectivity index (χ3n) is 3.94. The highest BCUT2D eigenvalue weighted by Gasteiger charge is 2.23. The maximum atomic E-state index is 12.5. The van der Waals surface area contributed by atoms with Crippen LogP contribution in [0.5, 0.6) is 0 Å². The van der Waals surface area contributed by atoms with Crippen molar-refractivity contribution >= 4 is 27.5 Å². The molecule has 8 heteroatoms. The van der Waals surface area contributed by atoms with Crippen LogP contribution in [0.25, 0.3) is 0 Å². The van der Waals surface area contributed by atoms with Crippen LogP contribution < -0.4 is 10.0 Å². The minimum absolute atomic E-state index is 0.0362. The quantitative estimate of drug-likeness (QED) is 0.825. The molecule has 1 aromatic rings. The fourth-order valence-electron chi connectivity index (χ4n) is 2.64. The highest BCUT2D eigenvalue weighted by Crippen LogP contribution is 2.21. The SMILES string of the molecule is CC(C)NS(=O)(=O)c1ccc(Cl)c(C(=O)NC2CCN(C)CC2)c1. The van der Waals surface area contributed by atoms with E-state index in [4.69, 9.17) is 11.6 Å². The van der Waals surface area contributed by atoms with Crippen molar-refractivity contribution in [2.45, 2.75) is 43.7 Å². The molecule has 1 amide bonds. The highest BCUT2D eigenvalue weighted by atomic mass is 35.5. The van der Waals surface area contributed by atoms with Crippen LogP contribution in [0.3, 0.4) is 0 Å². The zero-order chi connectivity index (χ0) is 17.9. The molecule has 0 saturated carbocycles. The number of hydrogen-bond donors (Lipinski definition) is 2. The van der Waals surface area contributed by atoms with Gasteiger partial charge in [0.15, 0.2) is 0 Å². The minimum Gasteiger partial charge on any atom is -0.349 e. The van der Waals surface area contributed by atoms with Gasteiger partial charge >= 0.3 is 0 Å². The summed E-state index contributed by atoms with van der Waals surface area (Å²) in [5.74, 6) is -0.337. The maximum absolute atomic E-state index is 12.5. The second kappa shape index (κ2) is 7.82. The summed E-state index contributed by atoms with van der Waals surface area (Å²) in [4.78, 5) is 14.7. The number of benzene rings is 1. The molecule has 0 radical (unpaired) electrons. The molecule has 2 N–H and O–H groups in total. The summed E-state index contributed by atoms with van der Waals surface area (Å²) in [6.07, 6.45) is 1.74. The van der Waals surface area contributed by atoms with Crippen molar-refractivity contribution < 1.29 is 13.2 Å². The molecule has 1 saturated heterocycles. The van der Waals surface area contributed by atoms with Gasteiger partial charge in [-0.2, -0.15) is 0 Å². The Morgan fingerprint density at radius 1 is 1.29 bits per heavy atom. The molecule has 0 aromatic heterocycles. The van der Waals surface area contributed by atoms with Gasteiger partial charge in [0.1, 0.15) is 0 Å². The molecule has 0 unspecified atom stereocenters. The van der Waals surface area contributed by atoms with E-state index in [1.54, 1.807) is 13.8 Å². The van der Waals surface area contributed by atoms with Crippen molar-refractivity contribution in [1.82, 2.24) is 14.9 Å². The maximum Gasteiger partial charge on any atom is 0.253 e. The van der Waals surface area contributed by atoms with Gasteiger partial charge in [-0.15, -0.1) is 0 Å². The molecule has 1 aliphatic heterocycles. The van der Waals surface area contributed by atoms with Crippen LogP contribution in [-0.4, -0.2) is 51.4 Å². The van der Waals surface area contributed by atoms with E-state index in [1.165, 1.54) is 18.2 Å². The predicted molar refractivity (Wildman–Crippen MR) is 94.9 cm³/mol. The van der Waals surface area contributed by atoms with Gasteiger partial charge in [-0.25, -0.2) is 13.1 Å². The van der Waals surface area contributed by atoms with Crippen molar-refractivity contribution in [3.63, 3.8) is 0 Å². The molecule has 0 bridgehead atoms. The smallest absolute Gasteiger partial charge is 0.253 e. The summed E-state index contributed by atoms with van der Waals surface area (Å²) in [7, 11) is -1.62. The van der Waals surface area contributed by atoms with E-state index >= 15 is 0 Å². The van der Waals surface area contributed by atoms with Gasteiger partial charge in [-0.1, -0.05) is 11.6 Å². The fourth-order valence-corrected chi connectivity index (χ4v) is 4.12. The van der Waals surface area contributed by atoms with Crippen LogP contribution in [0.2, 0.25) is 5.02 Å².